The van der Waals surface area contributed by atoms with Gasteiger partial charge in [0, 0.05) is 13.7 Å². The van der Waals surface area contributed by atoms with Crippen LogP contribution < -0.4 is 5.73 Å². The van der Waals surface area contributed by atoms with Gasteiger partial charge in [-0.05, 0) is 12.8 Å². The molecular formula is C10H17N3O3. The van der Waals surface area contributed by atoms with Crippen molar-refractivity contribution >= 4 is 6.21 Å². The SMILES string of the molecule is C1=CCOCCC1.CN=C/C(=C\N)[N+](=O)[O-]. The van der Waals surface area contributed by atoms with Gasteiger partial charge in [0.05, 0.1) is 17.7 Å². The van der Waals surface area contributed by atoms with Crippen LogP contribution in [0.25, 0.3) is 0 Å². The van der Waals surface area contributed by atoms with Crippen molar-refractivity contribution in [1.82, 2.24) is 0 Å². The van der Waals surface area contributed by atoms with Gasteiger partial charge < -0.3 is 10.5 Å². The van der Waals surface area contributed by atoms with Crippen molar-refractivity contribution in [2.45, 2.75) is 12.8 Å². The molecule has 16 heavy (non-hydrogen) atoms. The minimum atomic E-state index is -0.604. The van der Waals surface area contributed by atoms with E-state index in [-0.39, 0.29) is 5.70 Å². The normalized spacial score (nSPS) is 16.4. The standard InChI is InChI=1S/C6H10O.C4H7N3O2/c1-2-4-6-7-5-3-1;1-6-3-4(2-5)7(8)9/h1,3H,2,4-6H2;2-3H,5H2,1H3/b;4-2+,6-3?. The Morgan fingerprint density at radius 2 is 2.38 bits per heavy atom. The maximum atomic E-state index is 9.89. The number of nitro groups is 1. The first-order valence-corrected chi connectivity index (χ1v) is 4.93. The third kappa shape index (κ3) is 7.69. The lowest BCUT2D eigenvalue weighted by molar-refractivity contribution is -0.414. The van der Waals surface area contributed by atoms with E-state index in [1.54, 1.807) is 0 Å². The number of ether oxygens (including phenoxy) is 1. The van der Waals surface area contributed by atoms with Crippen LogP contribution in [0.3, 0.4) is 0 Å². The molecule has 6 heteroatoms. The molecule has 0 aromatic heterocycles. The Balaban J connectivity index is 0.000000288. The molecule has 0 bridgehead atoms. The highest BCUT2D eigenvalue weighted by Crippen LogP contribution is 1.96. The molecule has 0 unspecified atom stereocenters. The van der Waals surface area contributed by atoms with Crippen molar-refractivity contribution < 1.29 is 9.66 Å². The second-order valence-corrected chi connectivity index (χ2v) is 2.92. The van der Waals surface area contributed by atoms with Crippen molar-refractivity contribution in [2.24, 2.45) is 10.7 Å². The fourth-order valence-corrected chi connectivity index (χ4v) is 0.924. The van der Waals surface area contributed by atoms with Crippen LogP contribution >= 0.6 is 0 Å². The van der Waals surface area contributed by atoms with Crippen LogP contribution in [-0.2, 0) is 4.74 Å². The van der Waals surface area contributed by atoms with E-state index in [1.807, 2.05) is 0 Å². The van der Waals surface area contributed by atoms with Crippen LogP contribution in [0.4, 0.5) is 0 Å². The summed E-state index contributed by atoms with van der Waals surface area (Å²) in [6, 6.07) is 0. The van der Waals surface area contributed by atoms with E-state index < -0.39 is 4.92 Å². The number of allylic oxidation sites excluding steroid dienone is 2. The van der Waals surface area contributed by atoms with E-state index in [9.17, 15) is 10.1 Å². The largest absolute Gasteiger partial charge is 0.399 e. The molecule has 0 aromatic carbocycles. The molecule has 1 heterocycles. The predicted molar refractivity (Wildman–Crippen MR) is 62.9 cm³/mol. The molecule has 0 atom stereocenters. The average Bonchev–Trinajstić information content (AvgIpc) is 2.58. The molecule has 90 valence electrons. The van der Waals surface area contributed by atoms with Gasteiger partial charge in [-0.15, -0.1) is 0 Å². The number of aliphatic imine (C=N–C) groups is 1. The Bertz CT molecular complexity index is 277. The van der Waals surface area contributed by atoms with Gasteiger partial charge in [-0.25, -0.2) is 0 Å². The molecule has 2 N–H and O–H groups in total. The molecule has 0 spiro atoms. The second-order valence-electron chi connectivity index (χ2n) is 2.92. The highest BCUT2D eigenvalue weighted by Gasteiger charge is 2.02. The van der Waals surface area contributed by atoms with Gasteiger partial charge >= 0.3 is 5.70 Å². The minimum Gasteiger partial charge on any atom is -0.399 e. The number of nitrogens with two attached hydrogens (primary N) is 1. The molecule has 0 fully saturated rings. The van der Waals surface area contributed by atoms with Gasteiger partial charge in [0.15, 0.2) is 0 Å². The predicted octanol–water partition coefficient (Wildman–Crippen LogP) is 1.12. The third-order valence-corrected chi connectivity index (χ3v) is 1.68. The van der Waals surface area contributed by atoms with Crippen LogP contribution in [0, 0.1) is 10.1 Å². The van der Waals surface area contributed by atoms with Gasteiger partial charge in [-0.2, -0.15) is 0 Å². The molecule has 0 aliphatic carbocycles. The topological polar surface area (TPSA) is 90.8 Å². The quantitative estimate of drug-likeness (QED) is 0.331. The first-order chi connectivity index (χ1) is 7.72. The van der Waals surface area contributed by atoms with E-state index >= 15 is 0 Å². The molecular weight excluding hydrogens is 210 g/mol. The Hall–Kier alpha value is -1.69. The summed E-state index contributed by atoms with van der Waals surface area (Å²) in [6.07, 6.45) is 8.61. The number of rotatable bonds is 2. The molecule has 1 aliphatic rings. The lowest BCUT2D eigenvalue weighted by atomic mass is 10.3. The van der Waals surface area contributed by atoms with Crippen molar-refractivity contribution in [3.05, 3.63) is 34.2 Å². The molecule has 1 rings (SSSR count). The summed E-state index contributed by atoms with van der Waals surface area (Å²) in [5, 5.41) is 9.89. The number of hydrogen-bond donors (Lipinski definition) is 1. The highest BCUT2D eigenvalue weighted by molar-refractivity contribution is 5.74. The number of hydrogen-bond acceptors (Lipinski definition) is 5. The van der Waals surface area contributed by atoms with E-state index in [1.165, 1.54) is 19.9 Å². The van der Waals surface area contributed by atoms with Gasteiger partial charge in [0.1, 0.15) is 6.21 Å². The van der Waals surface area contributed by atoms with E-state index in [0.29, 0.717) is 0 Å². The van der Waals surface area contributed by atoms with Crippen LogP contribution in [0.2, 0.25) is 0 Å². The van der Waals surface area contributed by atoms with E-state index in [4.69, 9.17) is 10.5 Å². The van der Waals surface area contributed by atoms with E-state index in [2.05, 4.69) is 17.1 Å². The van der Waals surface area contributed by atoms with Crippen molar-refractivity contribution in [1.29, 1.82) is 0 Å². The average molecular weight is 227 g/mol. The first-order valence-electron chi connectivity index (χ1n) is 4.93. The van der Waals surface area contributed by atoms with E-state index in [0.717, 1.165) is 25.6 Å². The molecule has 1 aliphatic heterocycles. The first kappa shape index (κ1) is 14.3. The maximum absolute atomic E-state index is 9.89. The molecule has 0 aromatic rings. The summed E-state index contributed by atoms with van der Waals surface area (Å²) < 4.78 is 5.11. The lowest BCUT2D eigenvalue weighted by Gasteiger charge is -1.91. The second kappa shape index (κ2) is 9.85. The minimum absolute atomic E-state index is 0.197. The number of nitrogens with zero attached hydrogens (tertiary/aromatic N) is 2. The van der Waals surface area contributed by atoms with Crippen molar-refractivity contribution in [2.75, 3.05) is 20.3 Å². The smallest absolute Gasteiger partial charge is 0.302 e. The maximum Gasteiger partial charge on any atom is 0.302 e. The van der Waals surface area contributed by atoms with Crippen molar-refractivity contribution in [3.63, 3.8) is 0 Å². The van der Waals surface area contributed by atoms with Gasteiger partial charge in [0.2, 0.25) is 0 Å². The third-order valence-electron chi connectivity index (χ3n) is 1.68. The zero-order chi connectivity index (χ0) is 12.2. The summed E-state index contributed by atoms with van der Waals surface area (Å²) in [6.45, 7) is 1.76. The molecule has 6 nitrogen and oxygen atoms in total. The Labute approximate surface area is 94.6 Å². The summed E-state index contributed by atoms with van der Waals surface area (Å²) in [5.41, 5.74) is 4.67. The van der Waals surface area contributed by atoms with Crippen molar-refractivity contribution in [3.8, 4) is 0 Å². The van der Waals surface area contributed by atoms with Crippen LogP contribution in [-0.4, -0.2) is 31.4 Å². The van der Waals surface area contributed by atoms with Crippen LogP contribution in [0.5, 0.6) is 0 Å². The summed E-state index contributed by atoms with van der Waals surface area (Å²) in [7, 11) is 1.44. The molecule has 0 saturated heterocycles. The Morgan fingerprint density at radius 3 is 2.88 bits per heavy atom. The van der Waals surface area contributed by atoms with Gasteiger partial charge in [-0.1, -0.05) is 12.2 Å². The molecule has 0 amide bonds. The van der Waals surface area contributed by atoms with Gasteiger partial charge in [0.25, 0.3) is 0 Å². The van der Waals surface area contributed by atoms with Crippen LogP contribution in [0.15, 0.2) is 29.0 Å². The summed E-state index contributed by atoms with van der Waals surface area (Å²) in [4.78, 5) is 12.7. The molecule has 0 saturated carbocycles. The Morgan fingerprint density at radius 1 is 1.62 bits per heavy atom. The van der Waals surface area contributed by atoms with Gasteiger partial charge in [-0.3, -0.25) is 15.1 Å². The fraction of sp³-hybridized carbons (Fsp3) is 0.500. The zero-order valence-electron chi connectivity index (χ0n) is 9.33. The van der Waals surface area contributed by atoms with Crippen LogP contribution in [0.1, 0.15) is 12.8 Å². The lowest BCUT2D eigenvalue weighted by Crippen LogP contribution is -2.02. The summed E-state index contributed by atoms with van der Waals surface area (Å²) in [5.74, 6) is 0. The Kier molecular flexibility index (Phi) is 8.81. The monoisotopic (exact) mass is 227 g/mol. The molecule has 0 radical (unpaired) electrons. The fourth-order valence-electron chi connectivity index (χ4n) is 0.924. The highest BCUT2D eigenvalue weighted by atomic mass is 16.6. The summed E-state index contributed by atoms with van der Waals surface area (Å²) >= 11 is 0. The zero-order valence-corrected chi connectivity index (χ0v) is 9.33.